The van der Waals surface area contributed by atoms with Crippen LogP contribution in [0.2, 0.25) is 0 Å². The highest BCUT2D eigenvalue weighted by molar-refractivity contribution is 7.88. The Balaban J connectivity index is 4.31. The molecule has 86 valence electrons. The van der Waals surface area contributed by atoms with Crippen molar-refractivity contribution in [3.05, 3.63) is 0 Å². The van der Waals surface area contributed by atoms with E-state index in [4.69, 9.17) is 5.73 Å². The van der Waals surface area contributed by atoms with Gasteiger partial charge in [-0.25, -0.2) is 13.1 Å². The molecule has 1 unspecified atom stereocenters. The fourth-order valence-corrected chi connectivity index (χ4v) is 2.18. The van der Waals surface area contributed by atoms with Crippen molar-refractivity contribution in [1.29, 1.82) is 0 Å². The summed E-state index contributed by atoms with van der Waals surface area (Å²) in [6.45, 7) is 6.61. The maximum Gasteiger partial charge on any atom is 0.208 e. The molecule has 0 spiro atoms. The first-order chi connectivity index (χ1) is 6.20. The Bertz CT molecular complexity index is 260. The molecule has 0 aliphatic carbocycles. The van der Waals surface area contributed by atoms with Gasteiger partial charge in [-0.3, -0.25) is 0 Å². The molecule has 0 aliphatic heterocycles. The zero-order valence-corrected chi connectivity index (χ0v) is 10.3. The van der Waals surface area contributed by atoms with Crippen molar-refractivity contribution < 1.29 is 8.42 Å². The lowest BCUT2D eigenvalue weighted by Gasteiger charge is -2.27. The Morgan fingerprint density at radius 3 is 2.21 bits per heavy atom. The molecule has 0 fully saturated rings. The van der Waals surface area contributed by atoms with E-state index < -0.39 is 10.0 Å². The molecule has 0 heterocycles. The lowest BCUT2D eigenvalue weighted by atomic mass is 9.85. The van der Waals surface area contributed by atoms with Crippen molar-refractivity contribution in [3.8, 4) is 0 Å². The lowest BCUT2D eigenvalue weighted by Crippen LogP contribution is -2.39. The van der Waals surface area contributed by atoms with Gasteiger partial charge in [0.15, 0.2) is 0 Å². The average molecular weight is 222 g/mol. The second-order valence-corrected chi connectivity index (χ2v) is 6.35. The smallest absolute Gasteiger partial charge is 0.208 e. The second-order valence-electron chi connectivity index (χ2n) is 4.57. The topological polar surface area (TPSA) is 72.2 Å². The third-order valence-electron chi connectivity index (χ3n) is 2.23. The molecule has 0 aliphatic rings. The molecule has 3 N–H and O–H groups in total. The minimum atomic E-state index is -3.11. The molecule has 14 heavy (non-hydrogen) atoms. The Labute approximate surface area is 87.3 Å². The Hall–Kier alpha value is -0.130. The standard InChI is InChI=1S/C9H22N2O2S/c1-5-8(11-14(4,12)13)6-9(2,3)7-10/h8,11H,5-7,10H2,1-4H3. The first kappa shape index (κ1) is 13.9. The van der Waals surface area contributed by atoms with Gasteiger partial charge >= 0.3 is 0 Å². The molecular weight excluding hydrogens is 200 g/mol. The van der Waals surface area contributed by atoms with Gasteiger partial charge in [-0.2, -0.15) is 0 Å². The molecule has 4 nitrogen and oxygen atoms in total. The van der Waals surface area contributed by atoms with Crippen molar-refractivity contribution in [2.24, 2.45) is 11.1 Å². The van der Waals surface area contributed by atoms with Crippen molar-refractivity contribution >= 4 is 10.0 Å². The Morgan fingerprint density at radius 1 is 1.43 bits per heavy atom. The maximum atomic E-state index is 11.0. The van der Waals surface area contributed by atoms with Crippen LogP contribution in [-0.4, -0.2) is 27.3 Å². The number of nitrogens with one attached hydrogen (secondary N) is 1. The minimum Gasteiger partial charge on any atom is -0.330 e. The fraction of sp³-hybridized carbons (Fsp3) is 1.00. The fourth-order valence-electron chi connectivity index (χ4n) is 1.32. The summed E-state index contributed by atoms with van der Waals surface area (Å²) in [6.07, 6.45) is 2.74. The molecule has 0 aromatic rings. The van der Waals surface area contributed by atoms with E-state index in [9.17, 15) is 8.42 Å². The van der Waals surface area contributed by atoms with E-state index in [0.29, 0.717) is 6.54 Å². The highest BCUT2D eigenvalue weighted by Crippen LogP contribution is 2.21. The zero-order valence-electron chi connectivity index (χ0n) is 9.50. The average Bonchev–Trinajstić information content (AvgIpc) is 2.00. The predicted molar refractivity (Wildman–Crippen MR) is 59.5 cm³/mol. The monoisotopic (exact) mass is 222 g/mol. The van der Waals surface area contributed by atoms with Crippen molar-refractivity contribution in [1.82, 2.24) is 4.72 Å². The molecule has 0 amide bonds. The van der Waals surface area contributed by atoms with Crippen molar-refractivity contribution in [2.75, 3.05) is 12.8 Å². The van der Waals surface area contributed by atoms with Gasteiger partial charge in [0.1, 0.15) is 0 Å². The van der Waals surface area contributed by atoms with E-state index in [1.54, 1.807) is 0 Å². The molecule has 0 aromatic heterocycles. The normalized spacial score (nSPS) is 15.5. The number of rotatable bonds is 6. The third kappa shape index (κ3) is 6.34. The van der Waals surface area contributed by atoms with Gasteiger partial charge < -0.3 is 5.73 Å². The van der Waals surface area contributed by atoms with Crippen LogP contribution in [-0.2, 0) is 10.0 Å². The van der Waals surface area contributed by atoms with Crippen LogP contribution < -0.4 is 10.5 Å². The van der Waals surface area contributed by atoms with E-state index in [2.05, 4.69) is 4.72 Å². The summed E-state index contributed by atoms with van der Waals surface area (Å²) in [5.41, 5.74) is 5.58. The molecule has 0 saturated carbocycles. The van der Waals surface area contributed by atoms with E-state index in [1.807, 2.05) is 20.8 Å². The molecule has 0 bridgehead atoms. The van der Waals surface area contributed by atoms with Crippen LogP contribution in [0.4, 0.5) is 0 Å². The molecule has 0 rings (SSSR count). The van der Waals surface area contributed by atoms with Gasteiger partial charge in [0.2, 0.25) is 10.0 Å². The van der Waals surface area contributed by atoms with Gasteiger partial charge in [-0.1, -0.05) is 20.8 Å². The zero-order chi connectivity index (χ0) is 11.4. The molecule has 0 aromatic carbocycles. The molecule has 0 radical (unpaired) electrons. The van der Waals surface area contributed by atoms with Crippen LogP contribution in [0.15, 0.2) is 0 Å². The van der Waals surface area contributed by atoms with Crippen molar-refractivity contribution in [3.63, 3.8) is 0 Å². The van der Waals surface area contributed by atoms with Gasteiger partial charge in [-0.05, 0) is 24.8 Å². The summed E-state index contributed by atoms with van der Waals surface area (Å²) in [6, 6.07) is -0.0106. The number of hydrogen-bond donors (Lipinski definition) is 2. The lowest BCUT2D eigenvalue weighted by molar-refractivity contribution is 0.301. The quantitative estimate of drug-likeness (QED) is 0.694. The second kappa shape index (κ2) is 5.09. The summed E-state index contributed by atoms with van der Waals surface area (Å²) in [4.78, 5) is 0. The maximum absolute atomic E-state index is 11.0. The first-order valence-corrected chi connectivity index (χ1v) is 6.76. The van der Waals surface area contributed by atoms with Crippen LogP contribution in [0.3, 0.4) is 0 Å². The van der Waals surface area contributed by atoms with E-state index in [-0.39, 0.29) is 11.5 Å². The highest BCUT2D eigenvalue weighted by Gasteiger charge is 2.22. The summed E-state index contributed by atoms with van der Waals surface area (Å²) in [5, 5.41) is 0. The van der Waals surface area contributed by atoms with Crippen LogP contribution in [0.1, 0.15) is 33.6 Å². The first-order valence-electron chi connectivity index (χ1n) is 4.87. The Kier molecular flexibility index (Phi) is 5.05. The number of sulfonamides is 1. The minimum absolute atomic E-state index is 0.0106. The van der Waals surface area contributed by atoms with Gasteiger partial charge in [0, 0.05) is 6.04 Å². The summed E-state index contributed by atoms with van der Waals surface area (Å²) in [5.74, 6) is 0. The Morgan fingerprint density at radius 2 is 1.93 bits per heavy atom. The molecule has 0 saturated heterocycles. The van der Waals surface area contributed by atoms with E-state index >= 15 is 0 Å². The number of hydrogen-bond acceptors (Lipinski definition) is 3. The van der Waals surface area contributed by atoms with E-state index in [1.165, 1.54) is 6.26 Å². The molecule has 5 heteroatoms. The molecule has 1 atom stereocenters. The van der Waals surface area contributed by atoms with E-state index in [0.717, 1.165) is 12.8 Å². The van der Waals surface area contributed by atoms with Crippen LogP contribution in [0, 0.1) is 5.41 Å². The summed E-state index contributed by atoms with van der Waals surface area (Å²) in [7, 11) is -3.11. The van der Waals surface area contributed by atoms with Gasteiger partial charge in [-0.15, -0.1) is 0 Å². The highest BCUT2D eigenvalue weighted by atomic mass is 32.2. The molecular formula is C9H22N2O2S. The van der Waals surface area contributed by atoms with Crippen LogP contribution in [0.25, 0.3) is 0 Å². The van der Waals surface area contributed by atoms with Crippen molar-refractivity contribution in [2.45, 2.75) is 39.7 Å². The van der Waals surface area contributed by atoms with Crippen LogP contribution >= 0.6 is 0 Å². The summed E-state index contributed by atoms with van der Waals surface area (Å²) < 4.78 is 24.7. The predicted octanol–water partition coefficient (Wildman–Crippen LogP) is 0.689. The largest absolute Gasteiger partial charge is 0.330 e. The van der Waals surface area contributed by atoms with Crippen LogP contribution in [0.5, 0.6) is 0 Å². The number of nitrogens with two attached hydrogens (primary N) is 1. The summed E-state index contributed by atoms with van der Waals surface area (Å²) >= 11 is 0. The third-order valence-corrected chi connectivity index (χ3v) is 2.99. The van der Waals surface area contributed by atoms with Gasteiger partial charge in [0.05, 0.1) is 6.26 Å². The SMILES string of the molecule is CCC(CC(C)(C)CN)NS(C)(=O)=O. The van der Waals surface area contributed by atoms with Gasteiger partial charge in [0.25, 0.3) is 0 Å².